The van der Waals surface area contributed by atoms with Crippen LogP contribution < -0.4 is 16.0 Å². The molecule has 4 rings (SSSR count). The maximum atomic E-state index is 12.7. The Labute approximate surface area is 187 Å². The molecule has 2 aliphatic rings. The van der Waals surface area contributed by atoms with Gasteiger partial charge in [-0.2, -0.15) is 0 Å². The SMILES string of the molecule is Cc1cccc(CS(=O)(=O)CC2Nc3ccc(C(=O)NCC4CCCO4)cc3NC2=O)c1. The van der Waals surface area contributed by atoms with Crippen molar-refractivity contribution < 1.29 is 22.7 Å². The van der Waals surface area contributed by atoms with E-state index < -0.39 is 21.8 Å². The van der Waals surface area contributed by atoms with E-state index in [1.807, 2.05) is 25.1 Å². The van der Waals surface area contributed by atoms with Crippen LogP contribution >= 0.6 is 0 Å². The van der Waals surface area contributed by atoms with Gasteiger partial charge in [0.15, 0.2) is 9.84 Å². The van der Waals surface area contributed by atoms with Crippen molar-refractivity contribution >= 4 is 33.0 Å². The highest BCUT2D eigenvalue weighted by Crippen LogP contribution is 2.28. The predicted octanol–water partition coefficient (Wildman–Crippen LogP) is 2.25. The van der Waals surface area contributed by atoms with Crippen LogP contribution in [0.1, 0.15) is 34.3 Å². The normalized spacial score (nSPS) is 20.2. The van der Waals surface area contributed by atoms with Gasteiger partial charge in [0.25, 0.3) is 5.91 Å². The summed E-state index contributed by atoms with van der Waals surface area (Å²) in [5.41, 5.74) is 3.12. The first-order valence-corrected chi connectivity index (χ1v) is 12.5. The van der Waals surface area contributed by atoms with E-state index in [2.05, 4.69) is 16.0 Å². The number of aryl methyl sites for hydroxylation is 1. The minimum Gasteiger partial charge on any atom is -0.376 e. The van der Waals surface area contributed by atoms with Gasteiger partial charge in [0, 0.05) is 18.7 Å². The standard InChI is InChI=1S/C23H27N3O5S/c1-15-4-2-5-16(10-15)13-32(29,30)14-21-23(28)26-20-11-17(7-8-19(20)25-21)22(27)24-12-18-6-3-9-31-18/h2,4-5,7-8,10-11,18,21,25H,3,6,9,12-14H2,1H3,(H,24,27)(H,26,28). The molecule has 0 radical (unpaired) electrons. The van der Waals surface area contributed by atoms with E-state index in [-0.39, 0.29) is 23.5 Å². The second-order valence-electron chi connectivity index (χ2n) is 8.34. The first-order chi connectivity index (χ1) is 15.3. The third-order valence-electron chi connectivity index (χ3n) is 5.59. The number of hydrogen-bond donors (Lipinski definition) is 3. The van der Waals surface area contributed by atoms with Gasteiger partial charge < -0.3 is 20.7 Å². The first-order valence-electron chi connectivity index (χ1n) is 10.7. The number of anilines is 2. The van der Waals surface area contributed by atoms with Crippen molar-refractivity contribution in [3.8, 4) is 0 Å². The van der Waals surface area contributed by atoms with Crippen LogP contribution in [0.4, 0.5) is 11.4 Å². The molecule has 170 valence electrons. The molecule has 2 amide bonds. The van der Waals surface area contributed by atoms with Gasteiger partial charge >= 0.3 is 0 Å². The molecule has 2 aromatic carbocycles. The van der Waals surface area contributed by atoms with E-state index in [0.29, 0.717) is 29.0 Å². The molecule has 3 N–H and O–H groups in total. The number of carbonyl (C=O) groups is 2. The molecule has 2 heterocycles. The van der Waals surface area contributed by atoms with Crippen molar-refractivity contribution in [2.75, 3.05) is 29.5 Å². The smallest absolute Gasteiger partial charge is 0.251 e. The number of amides is 2. The van der Waals surface area contributed by atoms with Crippen LogP contribution in [0.15, 0.2) is 42.5 Å². The van der Waals surface area contributed by atoms with E-state index in [1.165, 1.54) is 0 Å². The fraction of sp³-hybridized carbons (Fsp3) is 0.391. The molecule has 2 unspecified atom stereocenters. The molecule has 2 aromatic rings. The highest BCUT2D eigenvalue weighted by atomic mass is 32.2. The molecule has 0 aliphatic carbocycles. The van der Waals surface area contributed by atoms with Crippen molar-refractivity contribution in [2.45, 2.75) is 37.7 Å². The topological polar surface area (TPSA) is 114 Å². The van der Waals surface area contributed by atoms with Gasteiger partial charge in [0.1, 0.15) is 6.04 Å². The molecule has 0 aromatic heterocycles. The van der Waals surface area contributed by atoms with Gasteiger partial charge in [0.05, 0.1) is 29.0 Å². The van der Waals surface area contributed by atoms with E-state index in [4.69, 9.17) is 4.74 Å². The third kappa shape index (κ3) is 5.46. The predicted molar refractivity (Wildman–Crippen MR) is 122 cm³/mol. The molecule has 0 bridgehead atoms. The first kappa shape index (κ1) is 22.3. The monoisotopic (exact) mass is 457 g/mol. The number of carbonyl (C=O) groups excluding carboxylic acids is 2. The van der Waals surface area contributed by atoms with Crippen LogP contribution in [0.2, 0.25) is 0 Å². The molecular weight excluding hydrogens is 430 g/mol. The number of rotatable bonds is 7. The Kier molecular flexibility index (Phi) is 6.48. The lowest BCUT2D eigenvalue weighted by Gasteiger charge is -2.27. The molecule has 1 fully saturated rings. The van der Waals surface area contributed by atoms with Crippen LogP contribution in [-0.4, -0.2) is 51.3 Å². The number of fused-ring (bicyclic) bond motifs is 1. The summed E-state index contributed by atoms with van der Waals surface area (Å²) >= 11 is 0. The summed E-state index contributed by atoms with van der Waals surface area (Å²) in [5.74, 6) is -1.14. The van der Waals surface area contributed by atoms with Gasteiger partial charge in [-0.3, -0.25) is 9.59 Å². The Morgan fingerprint density at radius 2 is 2.03 bits per heavy atom. The number of hydrogen-bond acceptors (Lipinski definition) is 6. The minimum absolute atomic E-state index is 0.0421. The molecular formula is C23H27N3O5S. The molecule has 2 atom stereocenters. The third-order valence-corrected chi connectivity index (χ3v) is 7.20. The average Bonchev–Trinajstić information content (AvgIpc) is 3.25. The zero-order valence-electron chi connectivity index (χ0n) is 17.9. The molecule has 2 aliphatic heterocycles. The number of nitrogens with one attached hydrogen (secondary N) is 3. The maximum absolute atomic E-state index is 12.7. The van der Waals surface area contributed by atoms with Crippen molar-refractivity contribution in [2.24, 2.45) is 0 Å². The fourth-order valence-corrected chi connectivity index (χ4v) is 5.54. The van der Waals surface area contributed by atoms with Gasteiger partial charge in [-0.25, -0.2) is 8.42 Å². The summed E-state index contributed by atoms with van der Waals surface area (Å²) in [7, 11) is -3.52. The molecule has 0 saturated carbocycles. The van der Waals surface area contributed by atoms with Crippen LogP contribution in [0.25, 0.3) is 0 Å². The summed E-state index contributed by atoms with van der Waals surface area (Å²) in [5, 5.41) is 8.58. The van der Waals surface area contributed by atoms with Crippen LogP contribution in [0.3, 0.4) is 0 Å². The Morgan fingerprint density at radius 3 is 2.78 bits per heavy atom. The number of sulfone groups is 1. The Balaban J connectivity index is 1.39. The summed E-state index contributed by atoms with van der Waals surface area (Å²) < 4.78 is 30.9. The van der Waals surface area contributed by atoms with E-state index >= 15 is 0 Å². The number of ether oxygens (including phenoxy) is 1. The van der Waals surface area contributed by atoms with Crippen LogP contribution in [0, 0.1) is 6.92 Å². The fourth-order valence-electron chi connectivity index (χ4n) is 3.99. The highest BCUT2D eigenvalue weighted by molar-refractivity contribution is 7.90. The lowest BCUT2D eigenvalue weighted by Crippen LogP contribution is -2.43. The van der Waals surface area contributed by atoms with Crippen molar-refractivity contribution in [1.82, 2.24) is 5.32 Å². The second kappa shape index (κ2) is 9.30. The van der Waals surface area contributed by atoms with Gasteiger partial charge in [-0.15, -0.1) is 0 Å². The Hall–Kier alpha value is -2.91. The van der Waals surface area contributed by atoms with Gasteiger partial charge in [0.2, 0.25) is 5.91 Å². The summed E-state index contributed by atoms with van der Waals surface area (Å²) in [4.78, 5) is 25.0. The van der Waals surface area contributed by atoms with Gasteiger partial charge in [-0.1, -0.05) is 29.8 Å². The quantitative estimate of drug-likeness (QED) is 0.588. The largest absolute Gasteiger partial charge is 0.376 e. The highest BCUT2D eigenvalue weighted by Gasteiger charge is 2.30. The van der Waals surface area contributed by atoms with E-state index in [1.54, 1.807) is 24.3 Å². The van der Waals surface area contributed by atoms with E-state index in [9.17, 15) is 18.0 Å². The summed E-state index contributed by atoms with van der Waals surface area (Å²) in [6.45, 7) is 3.07. The van der Waals surface area contributed by atoms with Crippen molar-refractivity contribution in [1.29, 1.82) is 0 Å². The van der Waals surface area contributed by atoms with Crippen molar-refractivity contribution in [3.63, 3.8) is 0 Å². The zero-order chi connectivity index (χ0) is 22.7. The lowest BCUT2D eigenvalue weighted by molar-refractivity contribution is -0.116. The maximum Gasteiger partial charge on any atom is 0.251 e. The number of benzene rings is 2. The molecule has 32 heavy (non-hydrogen) atoms. The van der Waals surface area contributed by atoms with Crippen molar-refractivity contribution in [3.05, 3.63) is 59.2 Å². The molecule has 1 saturated heterocycles. The summed E-state index contributed by atoms with van der Waals surface area (Å²) in [6.07, 6.45) is 1.97. The van der Waals surface area contributed by atoms with Crippen LogP contribution in [-0.2, 0) is 25.1 Å². The minimum atomic E-state index is -3.52. The molecule has 8 nitrogen and oxygen atoms in total. The lowest BCUT2D eigenvalue weighted by atomic mass is 10.1. The Morgan fingerprint density at radius 1 is 1.19 bits per heavy atom. The average molecular weight is 458 g/mol. The summed E-state index contributed by atoms with van der Waals surface area (Å²) in [6, 6.07) is 11.3. The second-order valence-corrected chi connectivity index (χ2v) is 10.4. The molecule has 9 heteroatoms. The molecule has 0 spiro atoms. The van der Waals surface area contributed by atoms with Crippen LogP contribution in [0.5, 0.6) is 0 Å². The zero-order valence-corrected chi connectivity index (χ0v) is 18.7. The Bertz CT molecular complexity index is 1130. The van der Waals surface area contributed by atoms with Gasteiger partial charge in [-0.05, 0) is 43.5 Å². The van der Waals surface area contributed by atoms with E-state index in [0.717, 1.165) is 25.0 Å².